The highest BCUT2D eigenvalue weighted by Gasteiger charge is 2.84. The van der Waals surface area contributed by atoms with Crippen LogP contribution in [0.5, 0.6) is 0 Å². The maximum Gasteiger partial charge on any atom is 0.340 e. The monoisotopic (exact) mass is 781 g/mol. The van der Waals surface area contributed by atoms with Crippen molar-refractivity contribution < 1.29 is 57.5 Å². The molecule has 15 nitrogen and oxygen atoms in total. The summed E-state index contributed by atoms with van der Waals surface area (Å²) >= 11 is 0. The minimum atomic E-state index is -1.97. The first kappa shape index (κ1) is 39.4. The van der Waals surface area contributed by atoms with Crippen molar-refractivity contribution in [1.82, 2.24) is 15.0 Å². The van der Waals surface area contributed by atoms with Crippen LogP contribution in [-0.4, -0.2) is 91.8 Å². The third-order valence-corrected chi connectivity index (χ3v) is 11.8. The predicted octanol–water partition coefficient (Wildman–Crippen LogP) is 4.22. The van der Waals surface area contributed by atoms with Crippen LogP contribution >= 0.6 is 0 Å². The number of hydrogen-bond donors (Lipinski definition) is 1. The second-order valence-corrected chi connectivity index (χ2v) is 15.4. The van der Waals surface area contributed by atoms with Crippen molar-refractivity contribution in [3.8, 4) is 0 Å². The molecule has 1 saturated heterocycles. The van der Waals surface area contributed by atoms with Gasteiger partial charge in [-0.25, -0.2) is 14.4 Å². The molecule has 4 aliphatic rings. The summed E-state index contributed by atoms with van der Waals surface area (Å²) in [5, 5.41) is 12.6. The molecule has 2 saturated carbocycles. The molecule has 7 rings (SSSR count). The van der Waals surface area contributed by atoms with E-state index in [4.69, 9.17) is 28.4 Å². The van der Waals surface area contributed by atoms with Crippen LogP contribution in [0.15, 0.2) is 97.9 Å². The van der Waals surface area contributed by atoms with Gasteiger partial charge in [-0.05, 0) is 68.7 Å². The minimum absolute atomic E-state index is 0.0510. The Bertz CT molecular complexity index is 2100. The summed E-state index contributed by atoms with van der Waals surface area (Å²) in [5.74, 6) is -7.95. The largest absolute Gasteiger partial charge is 0.461 e. The molecule has 3 aromatic rings. The number of rotatable bonds is 9. The summed E-state index contributed by atoms with van der Waals surface area (Å²) in [5.41, 5.74) is -4.94. The van der Waals surface area contributed by atoms with Gasteiger partial charge in [0, 0.05) is 62.9 Å². The first-order valence-corrected chi connectivity index (χ1v) is 18.5. The summed E-state index contributed by atoms with van der Waals surface area (Å²) < 4.78 is 38.5. The van der Waals surface area contributed by atoms with E-state index < -0.39 is 101 Å². The molecule has 0 radical (unpaired) electrons. The molecular formula is C42H43N3O12. The van der Waals surface area contributed by atoms with E-state index in [0.29, 0.717) is 5.57 Å². The maximum absolute atomic E-state index is 14.3. The van der Waals surface area contributed by atoms with E-state index in [9.17, 15) is 29.1 Å². The zero-order valence-corrected chi connectivity index (χ0v) is 32.0. The second-order valence-electron chi connectivity index (χ2n) is 15.4. The number of carbonyl (C=O) groups is 5. The Balaban J connectivity index is 1.53. The van der Waals surface area contributed by atoms with Gasteiger partial charge in [-0.15, -0.1) is 0 Å². The summed E-state index contributed by atoms with van der Waals surface area (Å²) in [7, 11) is 0. The molecule has 2 bridgehead atoms. The normalized spacial score (nSPS) is 34.7. The Kier molecular flexibility index (Phi) is 10.3. The zero-order chi connectivity index (χ0) is 40.9. The van der Waals surface area contributed by atoms with Crippen LogP contribution in [0.25, 0.3) is 0 Å². The van der Waals surface area contributed by atoms with Crippen molar-refractivity contribution in [2.45, 2.75) is 82.9 Å². The minimum Gasteiger partial charge on any atom is -0.461 e. The third kappa shape index (κ3) is 6.48. The average molecular weight is 782 g/mol. The van der Waals surface area contributed by atoms with Crippen LogP contribution in [0.1, 0.15) is 72.1 Å². The first-order valence-electron chi connectivity index (χ1n) is 18.5. The summed E-state index contributed by atoms with van der Waals surface area (Å²) in [4.78, 5) is 81.3. The standard InChI is InChI=1S/C42H43N3O12/c1-22(2)29-13-14-30(53-35(48)26-10-7-15-43-19-26)42-33(29)40(6,57-39(42)51)38(55-37(50)28-12-9-17-45-21-28)41(56-25(5)47)18-23(3)32(31(41)34(42)52-24(4)46)54-36(49)27-11-8-16-44-20-27/h7-17,19-21,23,29-34,38-39,51H,1,18H2,2-6H3/t23-,29+,30+,31+,32-,33-,34+,38+,39+,40+,41+,42-/m0/s1. The van der Waals surface area contributed by atoms with Crippen LogP contribution in [0.3, 0.4) is 0 Å². The van der Waals surface area contributed by atoms with E-state index in [1.165, 1.54) is 62.3 Å². The molecule has 1 aliphatic heterocycles. The molecular weight excluding hydrogens is 738 g/mol. The van der Waals surface area contributed by atoms with Crippen LogP contribution in [0.4, 0.5) is 0 Å². The van der Waals surface area contributed by atoms with E-state index in [1.807, 2.05) is 0 Å². The van der Waals surface area contributed by atoms with E-state index in [-0.39, 0.29) is 23.1 Å². The van der Waals surface area contributed by atoms with Crippen LogP contribution < -0.4 is 0 Å². The lowest BCUT2D eigenvalue weighted by Gasteiger charge is -2.52. The number of hydrogen-bond acceptors (Lipinski definition) is 15. The van der Waals surface area contributed by atoms with Gasteiger partial charge in [-0.2, -0.15) is 0 Å². The van der Waals surface area contributed by atoms with E-state index in [1.54, 1.807) is 51.1 Å². The molecule has 298 valence electrons. The number of esters is 5. The number of pyridine rings is 3. The van der Waals surface area contributed by atoms with Crippen molar-refractivity contribution in [3.05, 3.63) is 115 Å². The fourth-order valence-electron chi connectivity index (χ4n) is 9.93. The van der Waals surface area contributed by atoms with Gasteiger partial charge in [0.1, 0.15) is 29.3 Å². The molecule has 12 atom stereocenters. The lowest BCUT2D eigenvalue weighted by Crippen LogP contribution is -2.66. The van der Waals surface area contributed by atoms with Gasteiger partial charge in [0.15, 0.2) is 18.0 Å². The van der Waals surface area contributed by atoms with Crippen LogP contribution in [-0.2, 0) is 38.0 Å². The number of fused-ring (bicyclic) bond motifs is 1. The highest BCUT2D eigenvalue weighted by atomic mass is 16.7. The van der Waals surface area contributed by atoms with Crippen molar-refractivity contribution in [1.29, 1.82) is 0 Å². The Morgan fingerprint density at radius 1 is 0.789 bits per heavy atom. The Labute approximate surface area is 328 Å². The highest BCUT2D eigenvalue weighted by molar-refractivity contribution is 5.90. The number of allylic oxidation sites excluding steroid dienone is 2. The molecule has 0 unspecified atom stereocenters. The van der Waals surface area contributed by atoms with Crippen LogP contribution in [0.2, 0.25) is 0 Å². The Morgan fingerprint density at radius 3 is 1.82 bits per heavy atom. The molecule has 0 aromatic carbocycles. The topological polar surface area (TPSA) is 200 Å². The SMILES string of the molecule is C=C(C)[C@H]1C=C[C@@H](OC(=O)c2cccnc2)[C@@]23[C@H](O)O[C@@](C)([C@@H](OC(=O)c4cccnc4)[C@@]4(OC(C)=O)C[C@H](C)[C@H](OC(=O)c5cccnc5)[C@@H]4[C@H]2OC(C)=O)[C@H]13. The number of carbonyl (C=O) groups excluding carboxylic acids is 5. The van der Waals surface area contributed by atoms with Gasteiger partial charge in [-0.1, -0.05) is 25.2 Å². The van der Waals surface area contributed by atoms with E-state index in [0.717, 1.165) is 6.92 Å². The first-order chi connectivity index (χ1) is 27.1. The molecule has 3 aromatic heterocycles. The fourth-order valence-corrected chi connectivity index (χ4v) is 9.93. The van der Waals surface area contributed by atoms with Gasteiger partial charge in [0.05, 0.1) is 22.6 Å². The molecule has 1 N–H and O–H groups in total. The number of aliphatic hydroxyl groups is 1. The zero-order valence-electron chi connectivity index (χ0n) is 32.0. The molecule has 0 spiro atoms. The smallest absolute Gasteiger partial charge is 0.340 e. The van der Waals surface area contributed by atoms with Gasteiger partial charge in [-0.3, -0.25) is 24.5 Å². The van der Waals surface area contributed by atoms with Crippen molar-refractivity contribution >= 4 is 29.8 Å². The van der Waals surface area contributed by atoms with Gasteiger partial charge in [0.2, 0.25) is 0 Å². The maximum atomic E-state index is 14.3. The molecule has 0 amide bonds. The van der Waals surface area contributed by atoms with Gasteiger partial charge < -0.3 is 33.5 Å². The number of aliphatic hydroxyl groups excluding tert-OH is 1. The second kappa shape index (κ2) is 14.9. The number of aromatic nitrogens is 3. The van der Waals surface area contributed by atoms with Crippen LogP contribution in [0, 0.1) is 29.1 Å². The van der Waals surface area contributed by atoms with Crippen molar-refractivity contribution in [3.63, 3.8) is 0 Å². The molecule has 3 aliphatic carbocycles. The third-order valence-electron chi connectivity index (χ3n) is 11.8. The summed E-state index contributed by atoms with van der Waals surface area (Å²) in [6, 6.07) is 9.16. The molecule has 4 heterocycles. The fraction of sp³-hybridized carbons (Fsp3) is 0.429. The van der Waals surface area contributed by atoms with Gasteiger partial charge in [0.25, 0.3) is 0 Å². The Hall–Kier alpha value is -5.80. The highest BCUT2D eigenvalue weighted by Crippen LogP contribution is 2.70. The van der Waals surface area contributed by atoms with Crippen molar-refractivity contribution in [2.24, 2.45) is 29.1 Å². The number of nitrogens with zero attached hydrogens (tertiary/aromatic N) is 3. The predicted molar refractivity (Wildman–Crippen MR) is 197 cm³/mol. The van der Waals surface area contributed by atoms with E-state index >= 15 is 0 Å². The summed E-state index contributed by atoms with van der Waals surface area (Å²) in [6.45, 7) is 11.7. The lowest BCUT2D eigenvalue weighted by atomic mass is 9.54. The van der Waals surface area contributed by atoms with Crippen molar-refractivity contribution in [2.75, 3.05) is 0 Å². The number of ether oxygens (including phenoxy) is 6. The van der Waals surface area contributed by atoms with E-state index in [2.05, 4.69) is 21.5 Å². The summed E-state index contributed by atoms with van der Waals surface area (Å²) in [6.07, 6.45) is 3.84. The quantitative estimate of drug-likeness (QED) is 0.184. The molecule has 57 heavy (non-hydrogen) atoms. The van der Waals surface area contributed by atoms with Gasteiger partial charge >= 0.3 is 29.8 Å². The Morgan fingerprint density at radius 2 is 1.33 bits per heavy atom. The molecule has 3 fully saturated rings. The average Bonchev–Trinajstić information content (AvgIpc) is 3.57. The lowest BCUT2D eigenvalue weighted by molar-refractivity contribution is -0.281. The molecule has 15 heteroatoms.